The lowest BCUT2D eigenvalue weighted by Crippen LogP contribution is -2.41. The molecular weight excluding hydrogens is 961 g/mol. The zero-order chi connectivity index (χ0) is 47.0. The molecule has 1 aliphatic heterocycles. The Balaban J connectivity index is 0.000000146. The van der Waals surface area contributed by atoms with Gasteiger partial charge in [0.1, 0.15) is 11.6 Å². The van der Waals surface area contributed by atoms with Crippen molar-refractivity contribution < 1.29 is 9.31 Å². The first-order chi connectivity index (χ1) is 32.3. The number of halogens is 2. The van der Waals surface area contributed by atoms with Crippen molar-refractivity contribution in [2.24, 2.45) is 0 Å². The van der Waals surface area contributed by atoms with Gasteiger partial charge in [0.2, 0.25) is 0 Å². The van der Waals surface area contributed by atoms with E-state index in [0.717, 1.165) is 93.3 Å². The molecule has 5 aromatic heterocycles. The van der Waals surface area contributed by atoms with Crippen LogP contribution in [0.1, 0.15) is 39.3 Å². The van der Waals surface area contributed by atoms with Gasteiger partial charge in [-0.1, -0.05) is 105 Å². The highest BCUT2D eigenvalue weighted by atomic mass is 79.9. The second-order valence-electron chi connectivity index (χ2n) is 16.9. The van der Waals surface area contributed by atoms with E-state index in [1.807, 2.05) is 133 Å². The summed E-state index contributed by atoms with van der Waals surface area (Å²) in [7, 11) is -0.280. The Morgan fingerprint density at radius 3 is 0.925 bits per heavy atom. The van der Waals surface area contributed by atoms with Crippen molar-refractivity contribution in [1.82, 2.24) is 34.9 Å². The number of aryl methyl sites for hydroxylation is 2. The number of benzene rings is 4. The minimum Gasteiger partial charge on any atom is -0.399 e. The normalized spacial score (nSPS) is 13.5. The van der Waals surface area contributed by atoms with Crippen LogP contribution in [0.15, 0.2) is 192 Å². The number of hydrogen-bond acceptors (Lipinski definition) is 9. The van der Waals surface area contributed by atoms with Crippen LogP contribution < -0.4 is 5.46 Å². The molecule has 67 heavy (non-hydrogen) atoms. The van der Waals surface area contributed by atoms with Gasteiger partial charge in [-0.15, -0.1) is 0 Å². The number of hydrogen-bond donors (Lipinski definition) is 0. The summed E-state index contributed by atoms with van der Waals surface area (Å²) in [6, 6.07) is 49.1. The Hall–Kier alpha value is -6.57. The minimum atomic E-state index is -0.280. The lowest BCUT2D eigenvalue weighted by atomic mass is 9.80. The van der Waals surface area contributed by atoms with Crippen LogP contribution in [0.5, 0.6) is 0 Å². The average Bonchev–Trinajstić information content (AvgIpc) is 3.58. The monoisotopic (exact) mass is 1010 g/mol. The fourth-order valence-electron chi connectivity index (χ4n) is 7.22. The van der Waals surface area contributed by atoms with E-state index in [9.17, 15) is 0 Å². The highest BCUT2D eigenvalue weighted by Crippen LogP contribution is 2.36. The van der Waals surface area contributed by atoms with E-state index < -0.39 is 0 Å². The van der Waals surface area contributed by atoms with Crippen LogP contribution in [0, 0.1) is 13.8 Å². The second-order valence-corrected chi connectivity index (χ2v) is 18.7. The summed E-state index contributed by atoms with van der Waals surface area (Å²) in [4.78, 5) is 30.6. The van der Waals surface area contributed by atoms with E-state index in [1.54, 1.807) is 12.4 Å². The van der Waals surface area contributed by atoms with Crippen molar-refractivity contribution >= 4 is 44.4 Å². The van der Waals surface area contributed by atoms with Gasteiger partial charge in [0.25, 0.3) is 0 Å². The Bertz CT molecular complexity index is 2860. The van der Waals surface area contributed by atoms with Gasteiger partial charge in [-0.3, -0.25) is 15.0 Å². The van der Waals surface area contributed by atoms with Crippen LogP contribution in [0.4, 0.5) is 0 Å². The van der Waals surface area contributed by atoms with E-state index in [2.05, 4.69) is 146 Å². The predicted molar refractivity (Wildman–Crippen MR) is 277 cm³/mol. The van der Waals surface area contributed by atoms with Gasteiger partial charge in [-0.25, -0.2) is 19.9 Å². The molecule has 12 heteroatoms. The lowest BCUT2D eigenvalue weighted by Gasteiger charge is -2.32. The molecule has 1 fully saturated rings. The number of aromatic nitrogens is 7. The predicted octanol–water partition coefficient (Wildman–Crippen LogP) is 13.3. The summed E-state index contributed by atoms with van der Waals surface area (Å²) >= 11 is 6.91. The SMILES string of the molecule is CC1(C)OB(c2ccncc2)OC1(C)C.Cc1nc(-c2ccc(-c3ccncc3)cc2)cc(-c2ccc(-c3ccncc3)cc2)n1.Cc1nc(-c2ccc(Br)cc2)cc(-c2ccc(Br)cc2)n1. The summed E-state index contributed by atoms with van der Waals surface area (Å²) in [5.74, 6) is 1.53. The number of nitrogens with zero attached hydrogens (tertiary/aromatic N) is 7. The summed E-state index contributed by atoms with van der Waals surface area (Å²) in [5, 5.41) is 0. The van der Waals surface area contributed by atoms with Crippen molar-refractivity contribution in [3.63, 3.8) is 0 Å². The maximum atomic E-state index is 5.90. The molecule has 10 rings (SSSR count). The van der Waals surface area contributed by atoms with Crippen molar-refractivity contribution in [2.75, 3.05) is 0 Å². The van der Waals surface area contributed by atoms with E-state index in [0.29, 0.717) is 0 Å². The van der Waals surface area contributed by atoms with Crippen molar-refractivity contribution in [3.05, 3.63) is 203 Å². The smallest absolute Gasteiger partial charge is 0.399 e. The largest absolute Gasteiger partial charge is 0.494 e. The summed E-state index contributed by atoms with van der Waals surface area (Å²) in [6.07, 6.45) is 10.7. The number of rotatable bonds is 7. The van der Waals surface area contributed by atoms with E-state index in [4.69, 9.17) is 9.31 Å². The van der Waals surface area contributed by atoms with Crippen molar-refractivity contribution in [1.29, 1.82) is 0 Å². The topological polar surface area (TPSA) is 109 Å². The summed E-state index contributed by atoms with van der Waals surface area (Å²) in [6.45, 7) is 12.1. The molecule has 0 aliphatic carbocycles. The Kier molecular flexibility index (Phi) is 14.7. The van der Waals surface area contributed by atoms with Crippen LogP contribution in [0.25, 0.3) is 67.3 Å². The fourth-order valence-corrected chi connectivity index (χ4v) is 7.75. The molecule has 1 saturated heterocycles. The molecular formula is C55H48BBr2N7O2. The molecule has 0 radical (unpaired) electrons. The Labute approximate surface area is 409 Å². The van der Waals surface area contributed by atoms with E-state index >= 15 is 0 Å². The second kappa shape index (κ2) is 20.9. The third-order valence-electron chi connectivity index (χ3n) is 11.6. The quantitative estimate of drug-likeness (QED) is 0.144. The van der Waals surface area contributed by atoms with Crippen LogP contribution in [0.3, 0.4) is 0 Å². The molecule has 0 N–H and O–H groups in total. The fraction of sp³-hybridized carbons (Fsp3) is 0.145. The molecule has 0 spiro atoms. The Morgan fingerprint density at radius 2 is 0.612 bits per heavy atom. The van der Waals surface area contributed by atoms with Gasteiger partial charge >= 0.3 is 7.12 Å². The third-order valence-corrected chi connectivity index (χ3v) is 12.6. The van der Waals surface area contributed by atoms with E-state index in [1.165, 1.54) is 0 Å². The maximum absolute atomic E-state index is 5.90. The van der Waals surface area contributed by atoms with Gasteiger partial charge in [-0.05, 0) is 142 Å². The maximum Gasteiger partial charge on any atom is 0.494 e. The van der Waals surface area contributed by atoms with Gasteiger partial charge < -0.3 is 9.31 Å². The van der Waals surface area contributed by atoms with Crippen molar-refractivity contribution in [3.8, 4) is 67.3 Å². The molecule has 0 saturated carbocycles. The first-order valence-corrected chi connectivity index (χ1v) is 23.4. The molecule has 0 atom stereocenters. The molecule has 1 aliphatic rings. The van der Waals surface area contributed by atoms with Crippen LogP contribution in [0.2, 0.25) is 0 Å². The molecule has 9 nitrogen and oxygen atoms in total. The molecule has 0 unspecified atom stereocenters. The van der Waals surface area contributed by atoms with Gasteiger partial charge in [0.05, 0.1) is 34.0 Å². The van der Waals surface area contributed by atoms with Crippen molar-refractivity contribution in [2.45, 2.75) is 52.7 Å². The third kappa shape index (κ3) is 11.9. The van der Waals surface area contributed by atoms with Crippen LogP contribution in [-0.2, 0) is 9.31 Å². The van der Waals surface area contributed by atoms with Gasteiger partial charge in [0, 0.05) is 68.4 Å². The van der Waals surface area contributed by atoms with Crippen LogP contribution >= 0.6 is 31.9 Å². The summed E-state index contributed by atoms with van der Waals surface area (Å²) in [5.41, 5.74) is 13.1. The molecule has 9 aromatic rings. The minimum absolute atomic E-state index is 0.277. The lowest BCUT2D eigenvalue weighted by molar-refractivity contribution is 0.00578. The highest BCUT2D eigenvalue weighted by Gasteiger charge is 2.51. The first-order valence-electron chi connectivity index (χ1n) is 21.8. The first kappa shape index (κ1) is 46.9. The zero-order valence-electron chi connectivity index (χ0n) is 38.1. The molecule has 0 bridgehead atoms. The Morgan fingerprint density at radius 1 is 0.358 bits per heavy atom. The molecule has 4 aromatic carbocycles. The average molecular weight is 1010 g/mol. The standard InChI is InChI=1S/C27H20N4.C17H12Br2N2.C11H16BNO2/c1-19-30-26(24-6-2-20(3-7-24)22-10-14-28-15-11-22)18-27(31-19)25-8-4-21(5-9-25)23-12-16-29-17-13-23;1-11-20-16(12-2-6-14(18)7-3-12)10-17(21-11)13-4-8-15(19)9-5-13;1-10(2)11(3,4)15-12(14-10)9-5-7-13-8-6-9/h2-18H,1H3;2-10H,1H3;5-8H,1-4H3. The zero-order valence-corrected chi connectivity index (χ0v) is 41.3. The number of pyridine rings is 3. The molecule has 0 amide bonds. The molecule has 332 valence electrons. The van der Waals surface area contributed by atoms with Gasteiger partial charge in [0.15, 0.2) is 0 Å². The van der Waals surface area contributed by atoms with Gasteiger partial charge in [-0.2, -0.15) is 0 Å². The summed E-state index contributed by atoms with van der Waals surface area (Å²) < 4.78 is 13.9. The van der Waals surface area contributed by atoms with E-state index in [-0.39, 0.29) is 18.3 Å². The molecule has 6 heterocycles. The highest BCUT2D eigenvalue weighted by molar-refractivity contribution is 9.10. The van der Waals surface area contributed by atoms with Crippen LogP contribution in [-0.4, -0.2) is 53.2 Å².